The minimum Gasteiger partial charge on any atom is -0.379 e. The molecule has 2 rings (SSSR count). The summed E-state index contributed by atoms with van der Waals surface area (Å²) in [5, 5.41) is 3.46. The molecule has 23 heavy (non-hydrogen) atoms. The molecule has 0 aliphatic carbocycles. The molecule has 2 heterocycles. The topological polar surface area (TPSA) is 40.1 Å². The van der Waals surface area contributed by atoms with Crippen molar-refractivity contribution in [2.24, 2.45) is 10.4 Å². The molecule has 136 valence electrons. The average molecular weight is 438 g/mol. The first kappa shape index (κ1) is 21.0. The molecule has 0 saturated carbocycles. The van der Waals surface area contributed by atoms with E-state index in [4.69, 9.17) is 9.73 Å². The maximum absolute atomic E-state index is 5.39. The van der Waals surface area contributed by atoms with Crippen LogP contribution in [0.5, 0.6) is 0 Å². The molecule has 6 heteroatoms. The number of morpholine rings is 1. The number of aliphatic imine (C=N–C) groups is 1. The van der Waals surface area contributed by atoms with E-state index >= 15 is 0 Å². The largest absolute Gasteiger partial charge is 0.379 e. The molecule has 5 nitrogen and oxygen atoms in total. The van der Waals surface area contributed by atoms with Crippen LogP contribution in [0.1, 0.15) is 41.0 Å². The Kier molecular flexibility index (Phi) is 8.07. The standard InChI is InChI=1S/C17H34N4O.HI/c1-6-18-15(21-14-16(2,3)17(21,4)5)19-8-7-9-20-10-12-22-13-11-20;/h6-14H2,1-5H3,(H,18,19);1H. The van der Waals surface area contributed by atoms with E-state index in [0.717, 1.165) is 64.9 Å². The Morgan fingerprint density at radius 1 is 1.17 bits per heavy atom. The van der Waals surface area contributed by atoms with Crippen molar-refractivity contribution in [3.8, 4) is 0 Å². The highest BCUT2D eigenvalue weighted by Gasteiger charge is 2.53. The lowest BCUT2D eigenvalue weighted by Crippen LogP contribution is -2.72. The van der Waals surface area contributed by atoms with Crippen LogP contribution >= 0.6 is 24.0 Å². The van der Waals surface area contributed by atoms with Gasteiger partial charge in [0.15, 0.2) is 5.96 Å². The Morgan fingerprint density at radius 2 is 1.83 bits per heavy atom. The van der Waals surface area contributed by atoms with Crippen LogP contribution in [0.3, 0.4) is 0 Å². The smallest absolute Gasteiger partial charge is 0.194 e. The summed E-state index contributed by atoms with van der Waals surface area (Å²) in [6.07, 6.45) is 1.12. The fourth-order valence-corrected chi connectivity index (χ4v) is 3.10. The summed E-state index contributed by atoms with van der Waals surface area (Å²) in [4.78, 5) is 9.75. The van der Waals surface area contributed by atoms with Gasteiger partial charge in [-0.05, 0) is 27.2 Å². The summed E-state index contributed by atoms with van der Waals surface area (Å²) in [6, 6.07) is 0. The zero-order valence-corrected chi connectivity index (χ0v) is 17.9. The van der Waals surface area contributed by atoms with Crippen LogP contribution in [0.4, 0.5) is 0 Å². The number of nitrogens with one attached hydrogen (secondary N) is 1. The van der Waals surface area contributed by atoms with E-state index in [9.17, 15) is 0 Å². The Labute approximate surface area is 159 Å². The molecule has 0 aromatic heterocycles. The number of guanidine groups is 1. The van der Waals surface area contributed by atoms with Crippen molar-refractivity contribution in [1.82, 2.24) is 15.1 Å². The normalized spacial score (nSPS) is 23.9. The monoisotopic (exact) mass is 438 g/mol. The molecule has 1 N–H and O–H groups in total. The minimum atomic E-state index is 0. The summed E-state index contributed by atoms with van der Waals surface area (Å²) in [6.45, 7) is 19.4. The lowest BCUT2D eigenvalue weighted by molar-refractivity contribution is -0.0667. The maximum atomic E-state index is 5.39. The van der Waals surface area contributed by atoms with Crippen LogP contribution < -0.4 is 5.32 Å². The molecule has 0 bridgehead atoms. The zero-order chi connectivity index (χ0) is 16.2. The third-order valence-electron chi connectivity index (χ3n) is 5.47. The fourth-order valence-electron chi connectivity index (χ4n) is 3.10. The molecule has 0 radical (unpaired) electrons. The van der Waals surface area contributed by atoms with Gasteiger partial charge in [0.1, 0.15) is 0 Å². The second-order valence-corrected chi connectivity index (χ2v) is 7.57. The van der Waals surface area contributed by atoms with Gasteiger partial charge < -0.3 is 15.0 Å². The van der Waals surface area contributed by atoms with Crippen molar-refractivity contribution < 1.29 is 4.74 Å². The third-order valence-corrected chi connectivity index (χ3v) is 5.47. The van der Waals surface area contributed by atoms with Gasteiger partial charge in [-0.25, -0.2) is 0 Å². The number of hydrogen-bond donors (Lipinski definition) is 1. The van der Waals surface area contributed by atoms with Gasteiger partial charge in [-0.1, -0.05) is 13.8 Å². The van der Waals surface area contributed by atoms with Gasteiger partial charge in [-0.2, -0.15) is 0 Å². The van der Waals surface area contributed by atoms with Gasteiger partial charge in [0, 0.05) is 50.2 Å². The quantitative estimate of drug-likeness (QED) is 0.310. The summed E-state index contributed by atoms with van der Waals surface area (Å²) in [5.74, 6) is 1.08. The van der Waals surface area contributed by atoms with Gasteiger partial charge in [0.05, 0.1) is 13.2 Å². The molecular formula is C17H35IN4O. The van der Waals surface area contributed by atoms with Crippen LogP contribution in [0, 0.1) is 5.41 Å². The molecular weight excluding hydrogens is 403 g/mol. The van der Waals surface area contributed by atoms with E-state index in [2.05, 4.69) is 49.7 Å². The number of rotatable bonds is 5. The van der Waals surface area contributed by atoms with Crippen LogP contribution in [0.15, 0.2) is 4.99 Å². The Bertz CT molecular complexity index is 392. The SMILES string of the molecule is CCNC(=NCCCN1CCOCC1)N1CC(C)(C)C1(C)C.I. The fraction of sp³-hybridized carbons (Fsp3) is 0.941. The average Bonchev–Trinajstić information content (AvgIpc) is 2.49. The first-order valence-corrected chi connectivity index (χ1v) is 8.74. The highest BCUT2D eigenvalue weighted by atomic mass is 127. The van der Waals surface area contributed by atoms with Gasteiger partial charge in [0.2, 0.25) is 0 Å². The Balaban J connectivity index is 0.00000264. The van der Waals surface area contributed by atoms with Crippen LogP contribution in [0.2, 0.25) is 0 Å². The van der Waals surface area contributed by atoms with E-state index in [1.165, 1.54) is 0 Å². The number of likely N-dealkylation sites (tertiary alicyclic amines) is 1. The predicted molar refractivity (Wildman–Crippen MR) is 108 cm³/mol. The molecule has 0 atom stereocenters. The van der Waals surface area contributed by atoms with Crippen molar-refractivity contribution in [1.29, 1.82) is 0 Å². The van der Waals surface area contributed by atoms with Crippen molar-refractivity contribution in [2.45, 2.75) is 46.6 Å². The molecule has 2 saturated heterocycles. The van der Waals surface area contributed by atoms with Crippen molar-refractivity contribution in [3.63, 3.8) is 0 Å². The number of nitrogens with zero attached hydrogens (tertiary/aromatic N) is 3. The molecule has 0 aromatic rings. The molecule has 2 aliphatic heterocycles. The van der Waals surface area contributed by atoms with E-state index in [-0.39, 0.29) is 29.5 Å². The molecule has 2 aliphatic rings. The number of hydrogen-bond acceptors (Lipinski definition) is 3. The summed E-state index contributed by atoms with van der Waals surface area (Å²) in [7, 11) is 0. The van der Waals surface area contributed by atoms with Gasteiger partial charge in [-0.15, -0.1) is 24.0 Å². The Morgan fingerprint density at radius 3 is 2.35 bits per heavy atom. The summed E-state index contributed by atoms with van der Waals surface area (Å²) < 4.78 is 5.39. The predicted octanol–water partition coefficient (Wildman–Crippen LogP) is 2.41. The van der Waals surface area contributed by atoms with E-state index < -0.39 is 0 Å². The number of ether oxygens (including phenoxy) is 1. The van der Waals surface area contributed by atoms with E-state index in [1.54, 1.807) is 0 Å². The summed E-state index contributed by atoms with van der Waals surface area (Å²) in [5.41, 5.74) is 0.509. The third kappa shape index (κ3) is 4.95. The molecule has 0 aromatic carbocycles. The second-order valence-electron chi connectivity index (χ2n) is 7.57. The second kappa shape index (κ2) is 8.85. The van der Waals surface area contributed by atoms with Crippen LogP contribution in [-0.4, -0.2) is 73.8 Å². The van der Waals surface area contributed by atoms with Crippen molar-refractivity contribution in [2.75, 3.05) is 52.5 Å². The zero-order valence-electron chi connectivity index (χ0n) is 15.5. The lowest BCUT2D eigenvalue weighted by atomic mass is 9.65. The number of halogens is 1. The van der Waals surface area contributed by atoms with E-state index in [1.807, 2.05) is 0 Å². The lowest BCUT2D eigenvalue weighted by Gasteiger charge is -2.62. The molecule has 0 unspecified atom stereocenters. The van der Waals surface area contributed by atoms with Crippen LogP contribution in [0.25, 0.3) is 0 Å². The maximum Gasteiger partial charge on any atom is 0.194 e. The van der Waals surface area contributed by atoms with Crippen molar-refractivity contribution in [3.05, 3.63) is 0 Å². The molecule has 2 fully saturated rings. The van der Waals surface area contributed by atoms with Crippen molar-refractivity contribution >= 4 is 29.9 Å². The van der Waals surface area contributed by atoms with Crippen LogP contribution in [-0.2, 0) is 4.74 Å². The van der Waals surface area contributed by atoms with E-state index in [0.29, 0.717) is 5.41 Å². The first-order valence-electron chi connectivity index (χ1n) is 8.74. The molecule has 0 spiro atoms. The Hall–Kier alpha value is -0.0800. The molecule has 0 amide bonds. The minimum absolute atomic E-state index is 0. The van der Waals surface area contributed by atoms with Gasteiger partial charge in [-0.3, -0.25) is 9.89 Å². The van der Waals surface area contributed by atoms with Gasteiger partial charge in [0.25, 0.3) is 0 Å². The highest BCUT2D eigenvalue weighted by molar-refractivity contribution is 14.0. The summed E-state index contributed by atoms with van der Waals surface area (Å²) >= 11 is 0. The van der Waals surface area contributed by atoms with Gasteiger partial charge >= 0.3 is 0 Å². The highest BCUT2D eigenvalue weighted by Crippen LogP contribution is 2.46. The first-order chi connectivity index (χ1) is 10.4.